The molecule has 0 aromatic rings. The standard InChI is InChI=1S/C24H32N2O2/c27-23(26-9-11-3-4-13(26)6-11)12-2-1-5-25(10-12)24(28)22-19-15-8-16-18-14(15)7-17(19)20(18)21(16)22/h11-22H,1-10H2. The Balaban J connectivity index is 1.02. The number of piperidine rings is 2. The molecule has 8 rings (SSSR count). The highest BCUT2D eigenvalue weighted by Crippen LogP contribution is 2.84. The largest absolute Gasteiger partial charge is 0.342 e. The van der Waals surface area contributed by atoms with E-state index in [4.69, 9.17) is 0 Å². The van der Waals surface area contributed by atoms with Crippen LogP contribution in [0.4, 0.5) is 0 Å². The van der Waals surface area contributed by atoms with Crippen molar-refractivity contribution < 1.29 is 9.59 Å². The summed E-state index contributed by atoms with van der Waals surface area (Å²) < 4.78 is 0. The van der Waals surface area contributed by atoms with E-state index in [-0.39, 0.29) is 5.92 Å². The van der Waals surface area contributed by atoms with E-state index in [1.165, 1.54) is 32.1 Å². The molecule has 0 N–H and O–H groups in total. The van der Waals surface area contributed by atoms with Gasteiger partial charge in [-0.15, -0.1) is 0 Å². The van der Waals surface area contributed by atoms with Crippen LogP contribution in [0.5, 0.6) is 0 Å². The molecule has 28 heavy (non-hydrogen) atoms. The van der Waals surface area contributed by atoms with Crippen molar-refractivity contribution in [3.05, 3.63) is 0 Å². The van der Waals surface area contributed by atoms with Crippen molar-refractivity contribution in [2.75, 3.05) is 19.6 Å². The smallest absolute Gasteiger partial charge is 0.227 e. The lowest BCUT2D eigenvalue weighted by Crippen LogP contribution is -2.53. The second-order valence-electron chi connectivity index (χ2n) is 11.9. The number of carbonyl (C=O) groups excluding carboxylic acids is 2. The molecule has 12 unspecified atom stereocenters. The summed E-state index contributed by atoms with van der Waals surface area (Å²) >= 11 is 0. The predicted molar refractivity (Wildman–Crippen MR) is 103 cm³/mol. The summed E-state index contributed by atoms with van der Waals surface area (Å²) in [5.74, 6) is 9.15. The summed E-state index contributed by atoms with van der Waals surface area (Å²) in [7, 11) is 0. The highest BCUT2D eigenvalue weighted by molar-refractivity contribution is 5.84. The van der Waals surface area contributed by atoms with Crippen molar-refractivity contribution in [3.63, 3.8) is 0 Å². The van der Waals surface area contributed by atoms with Gasteiger partial charge in [0.25, 0.3) is 0 Å². The lowest BCUT2D eigenvalue weighted by atomic mass is 9.57. The lowest BCUT2D eigenvalue weighted by Gasteiger charge is -2.48. The Hall–Kier alpha value is -1.06. The van der Waals surface area contributed by atoms with Gasteiger partial charge in [-0.25, -0.2) is 0 Å². The van der Waals surface area contributed by atoms with Crippen LogP contribution in [-0.4, -0.2) is 47.3 Å². The monoisotopic (exact) mass is 380 g/mol. The third kappa shape index (κ3) is 1.62. The fourth-order valence-electron chi connectivity index (χ4n) is 10.8. The highest BCUT2D eigenvalue weighted by Gasteiger charge is 2.81. The molecule has 8 fully saturated rings. The van der Waals surface area contributed by atoms with E-state index in [9.17, 15) is 9.59 Å². The molecule has 2 saturated heterocycles. The van der Waals surface area contributed by atoms with E-state index in [0.29, 0.717) is 23.8 Å². The molecule has 0 radical (unpaired) electrons. The quantitative estimate of drug-likeness (QED) is 0.739. The SMILES string of the molecule is O=C(C1C2C3CC4C5C3CC2C5C41)N1CCCC(C(=O)N2CC3CCC2C3)C1. The Labute approximate surface area is 167 Å². The Morgan fingerprint density at radius 3 is 2.32 bits per heavy atom. The van der Waals surface area contributed by atoms with Gasteiger partial charge >= 0.3 is 0 Å². The summed E-state index contributed by atoms with van der Waals surface area (Å²) in [6, 6.07) is 0.517. The van der Waals surface area contributed by atoms with Crippen molar-refractivity contribution in [3.8, 4) is 0 Å². The number of hydrogen-bond donors (Lipinski definition) is 0. The molecule has 6 saturated carbocycles. The van der Waals surface area contributed by atoms with E-state index >= 15 is 0 Å². The second-order valence-corrected chi connectivity index (χ2v) is 11.9. The number of rotatable bonds is 2. The molecule has 6 aliphatic carbocycles. The van der Waals surface area contributed by atoms with Crippen molar-refractivity contribution in [1.29, 1.82) is 0 Å². The Morgan fingerprint density at radius 1 is 0.714 bits per heavy atom. The minimum Gasteiger partial charge on any atom is -0.342 e. The fraction of sp³-hybridized carbons (Fsp3) is 0.917. The number of fused-ring (bicyclic) bond motifs is 4. The maximum Gasteiger partial charge on any atom is 0.227 e. The van der Waals surface area contributed by atoms with Gasteiger partial charge in [-0.3, -0.25) is 9.59 Å². The average Bonchev–Trinajstić information content (AvgIpc) is 3.47. The Morgan fingerprint density at radius 2 is 1.54 bits per heavy atom. The molecule has 12 atom stereocenters. The van der Waals surface area contributed by atoms with Crippen molar-refractivity contribution >= 4 is 11.8 Å². The van der Waals surface area contributed by atoms with E-state index in [1.807, 2.05) is 0 Å². The first kappa shape index (κ1) is 15.7. The highest BCUT2D eigenvalue weighted by atomic mass is 16.2. The molecule has 2 heterocycles. The molecule has 0 aromatic heterocycles. The van der Waals surface area contributed by atoms with Gasteiger partial charge in [-0.2, -0.15) is 0 Å². The predicted octanol–water partition coefficient (Wildman–Crippen LogP) is 2.63. The molecule has 2 aliphatic heterocycles. The van der Waals surface area contributed by atoms with Gasteiger partial charge in [0, 0.05) is 31.6 Å². The van der Waals surface area contributed by atoms with E-state index in [1.54, 1.807) is 0 Å². The van der Waals surface area contributed by atoms with Crippen LogP contribution in [-0.2, 0) is 9.59 Å². The number of carbonyl (C=O) groups is 2. The first-order valence-corrected chi connectivity index (χ1v) is 12.3. The number of hydrogen-bond acceptors (Lipinski definition) is 2. The van der Waals surface area contributed by atoms with E-state index < -0.39 is 0 Å². The molecular weight excluding hydrogens is 348 g/mol. The van der Waals surface area contributed by atoms with Gasteiger partial charge in [0.15, 0.2) is 0 Å². The summed E-state index contributed by atoms with van der Waals surface area (Å²) in [5.41, 5.74) is 0. The summed E-state index contributed by atoms with van der Waals surface area (Å²) in [6.45, 7) is 2.62. The molecule has 2 amide bonds. The van der Waals surface area contributed by atoms with Crippen LogP contribution < -0.4 is 0 Å². The number of nitrogens with zero attached hydrogens (tertiary/aromatic N) is 2. The third-order valence-electron chi connectivity index (χ3n) is 11.4. The Kier molecular flexibility index (Phi) is 2.80. The van der Waals surface area contributed by atoms with Crippen LogP contribution >= 0.6 is 0 Å². The van der Waals surface area contributed by atoms with Crippen LogP contribution in [0.2, 0.25) is 0 Å². The minimum absolute atomic E-state index is 0.0789. The van der Waals surface area contributed by atoms with E-state index in [2.05, 4.69) is 9.80 Å². The normalized spacial score (nSPS) is 58.9. The van der Waals surface area contributed by atoms with E-state index in [0.717, 1.165) is 85.7 Å². The van der Waals surface area contributed by atoms with Crippen LogP contribution in [0.25, 0.3) is 0 Å². The molecular formula is C24H32N2O2. The molecule has 0 aromatic carbocycles. The minimum atomic E-state index is 0.0789. The molecule has 8 aliphatic rings. The number of likely N-dealkylation sites (tertiary alicyclic amines) is 2. The van der Waals surface area contributed by atoms with Gasteiger partial charge in [0.2, 0.25) is 11.8 Å². The zero-order valence-electron chi connectivity index (χ0n) is 16.7. The summed E-state index contributed by atoms with van der Waals surface area (Å²) in [5, 5.41) is 0. The van der Waals surface area contributed by atoms with Gasteiger partial charge in [0.05, 0.1) is 5.92 Å². The second kappa shape index (κ2) is 4.98. The third-order valence-corrected chi connectivity index (χ3v) is 11.4. The molecule has 4 heteroatoms. The van der Waals surface area contributed by atoms with Gasteiger partial charge in [-0.05, 0) is 98.2 Å². The average molecular weight is 381 g/mol. The van der Waals surface area contributed by atoms with Gasteiger partial charge in [-0.1, -0.05) is 0 Å². The van der Waals surface area contributed by atoms with Crippen LogP contribution in [0, 0.1) is 65.1 Å². The van der Waals surface area contributed by atoms with Crippen LogP contribution in [0.3, 0.4) is 0 Å². The zero-order valence-corrected chi connectivity index (χ0v) is 16.7. The van der Waals surface area contributed by atoms with Crippen LogP contribution in [0.15, 0.2) is 0 Å². The molecule has 0 spiro atoms. The summed E-state index contributed by atoms with van der Waals surface area (Å²) in [4.78, 5) is 31.3. The first-order chi connectivity index (χ1) is 13.7. The van der Waals surface area contributed by atoms with Gasteiger partial charge in [0.1, 0.15) is 0 Å². The van der Waals surface area contributed by atoms with Gasteiger partial charge < -0.3 is 9.80 Å². The molecule has 4 bridgehead atoms. The summed E-state index contributed by atoms with van der Waals surface area (Å²) in [6.07, 6.45) is 8.71. The maximum atomic E-state index is 13.7. The zero-order chi connectivity index (χ0) is 18.3. The van der Waals surface area contributed by atoms with Crippen molar-refractivity contribution in [2.24, 2.45) is 65.1 Å². The fourth-order valence-corrected chi connectivity index (χ4v) is 10.8. The number of amides is 2. The maximum absolute atomic E-state index is 13.7. The topological polar surface area (TPSA) is 40.6 Å². The molecule has 150 valence electrons. The lowest BCUT2D eigenvalue weighted by molar-refractivity contribution is -0.148. The first-order valence-electron chi connectivity index (χ1n) is 12.3. The Bertz CT molecular complexity index is 775. The molecule has 4 nitrogen and oxygen atoms in total. The van der Waals surface area contributed by atoms with Crippen molar-refractivity contribution in [1.82, 2.24) is 9.80 Å². The van der Waals surface area contributed by atoms with Crippen LogP contribution in [0.1, 0.15) is 44.9 Å². The van der Waals surface area contributed by atoms with Crippen molar-refractivity contribution in [2.45, 2.75) is 51.0 Å².